The zero-order valence-electron chi connectivity index (χ0n) is 14.0. The standard InChI is InChI=1S/C19H18Cl2N2O2S/c20-13-6-7-16(21)15(12-13)19(25)23-9-3-8-22(10-11-23)18(24)14-4-1-2-5-17(14)26/h1-2,4-7,12,26H,3,8-11H2. The van der Waals surface area contributed by atoms with Crippen LogP contribution in [0.3, 0.4) is 0 Å². The Morgan fingerprint density at radius 2 is 1.46 bits per heavy atom. The van der Waals surface area contributed by atoms with E-state index in [9.17, 15) is 9.59 Å². The summed E-state index contributed by atoms with van der Waals surface area (Å²) < 4.78 is 0. The number of nitrogens with zero attached hydrogens (tertiary/aromatic N) is 2. The molecule has 2 aromatic rings. The highest BCUT2D eigenvalue weighted by atomic mass is 35.5. The van der Waals surface area contributed by atoms with Crippen molar-refractivity contribution in [3.05, 3.63) is 63.6 Å². The van der Waals surface area contributed by atoms with Crippen molar-refractivity contribution in [3.63, 3.8) is 0 Å². The van der Waals surface area contributed by atoms with Crippen LogP contribution in [0.5, 0.6) is 0 Å². The van der Waals surface area contributed by atoms with E-state index in [2.05, 4.69) is 12.6 Å². The second-order valence-electron chi connectivity index (χ2n) is 6.08. The molecule has 0 aliphatic carbocycles. The maximum absolute atomic E-state index is 12.8. The molecule has 7 heteroatoms. The summed E-state index contributed by atoms with van der Waals surface area (Å²) in [5.74, 6) is -0.230. The van der Waals surface area contributed by atoms with Gasteiger partial charge in [0.2, 0.25) is 0 Å². The van der Waals surface area contributed by atoms with Crippen LogP contribution in [0.2, 0.25) is 10.0 Å². The highest BCUT2D eigenvalue weighted by molar-refractivity contribution is 7.80. The van der Waals surface area contributed by atoms with E-state index in [1.165, 1.54) is 0 Å². The van der Waals surface area contributed by atoms with Gasteiger partial charge in [0, 0.05) is 36.1 Å². The van der Waals surface area contributed by atoms with E-state index in [1.807, 2.05) is 12.1 Å². The largest absolute Gasteiger partial charge is 0.337 e. The fourth-order valence-electron chi connectivity index (χ4n) is 2.98. The summed E-state index contributed by atoms with van der Waals surface area (Å²) in [6, 6.07) is 12.1. The number of amides is 2. The first-order valence-corrected chi connectivity index (χ1v) is 9.49. The molecule has 0 radical (unpaired) electrons. The number of rotatable bonds is 2. The average molecular weight is 409 g/mol. The lowest BCUT2D eigenvalue weighted by molar-refractivity contribution is 0.0717. The van der Waals surface area contributed by atoms with E-state index in [-0.39, 0.29) is 11.8 Å². The summed E-state index contributed by atoms with van der Waals surface area (Å²) >= 11 is 16.5. The van der Waals surface area contributed by atoms with Gasteiger partial charge in [-0.25, -0.2) is 0 Å². The first-order valence-electron chi connectivity index (χ1n) is 8.29. The molecule has 0 N–H and O–H groups in total. The summed E-state index contributed by atoms with van der Waals surface area (Å²) in [5, 5.41) is 0.843. The molecule has 0 bridgehead atoms. The highest BCUT2D eigenvalue weighted by Crippen LogP contribution is 2.23. The van der Waals surface area contributed by atoms with Crippen molar-refractivity contribution in [3.8, 4) is 0 Å². The minimum atomic E-state index is -0.165. The zero-order valence-corrected chi connectivity index (χ0v) is 16.4. The highest BCUT2D eigenvalue weighted by Gasteiger charge is 2.25. The van der Waals surface area contributed by atoms with Crippen LogP contribution in [0.1, 0.15) is 27.1 Å². The third-order valence-corrected chi connectivity index (χ3v) is 5.32. The monoisotopic (exact) mass is 408 g/mol. The van der Waals surface area contributed by atoms with Gasteiger partial charge in [0.1, 0.15) is 0 Å². The fourth-order valence-corrected chi connectivity index (χ4v) is 3.61. The Bertz CT molecular complexity index is 844. The normalized spacial score (nSPS) is 14.9. The molecule has 1 aliphatic heterocycles. The molecule has 1 saturated heterocycles. The molecule has 26 heavy (non-hydrogen) atoms. The molecule has 0 aromatic heterocycles. The van der Waals surface area contributed by atoms with Crippen LogP contribution in [-0.2, 0) is 0 Å². The molecule has 1 aliphatic rings. The SMILES string of the molecule is O=C(c1ccccc1S)N1CCCN(C(=O)c2cc(Cl)ccc2Cl)CC1. The molecule has 2 aromatic carbocycles. The first kappa shape index (κ1) is 19.1. The quantitative estimate of drug-likeness (QED) is 0.753. The lowest BCUT2D eigenvalue weighted by Crippen LogP contribution is -2.37. The Kier molecular flexibility index (Phi) is 6.12. The summed E-state index contributed by atoms with van der Waals surface area (Å²) in [4.78, 5) is 29.7. The van der Waals surface area contributed by atoms with E-state index in [0.717, 1.165) is 0 Å². The van der Waals surface area contributed by atoms with Crippen LogP contribution in [0.15, 0.2) is 47.4 Å². The van der Waals surface area contributed by atoms with Gasteiger partial charge in [-0.1, -0.05) is 35.3 Å². The van der Waals surface area contributed by atoms with Crippen molar-refractivity contribution in [2.24, 2.45) is 0 Å². The molecular formula is C19H18Cl2N2O2S. The Morgan fingerprint density at radius 3 is 2.12 bits per heavy atom. The van der Waals surface area contributed by atoms with Crippen molar-refractivity contribution in [1.82, 2.24) is 9.80 Å². The molecule has 1 heterocycles. The Labute approximate surface area is 168 Å². The summed E-state index contributed by atoms with van der Waals surface area (Å²) in [6.45, 7) is 2.06. The third-order valence-electron chi connectivity index (χ3n) is 4.36. The summed E-state index contributed by atoms with van der Waals surface area (Å²) in [5.41, 5.74) is 0.966. The molecule has 0 atom stereocenters. The van der Waals surface area contributed by atoms with Gasteiger partial charge < -0.3 is 9.80 Å². The van der Waals surface area contributed by atoms with Gasteiger partial charge in [-0.2, -0.15) is 0 Å². The lowest BCUT2D eigenvalue weighted by atomic mass is 10.2. The fraction of sp³-hybridized carbons (Fsp3) is 0.263. The molecule has 3 rings (SSSR count). The third kappa shape index (κ3) is 4.17. The Balaban J connectivity index is 1.72. The molecule has 0 saturated carbocycles. The average Bonchev–Trinajstić information content (AvgIpc) is 2.89. The van der Waals surface area contributed by atoms with E-state index in [0.29, 0.717) is 58.7 Å². The predicted molar refractivity (Wildman–Crippen MR) is 107 cm³/mol. The second kappa shape index (κ2) is 8.33. The van der Waals surface area contributed by atoms with Crippen LogP contribution in [0, 0.1) is 0 Å². The van der Waals surface area contributed by atoms with Crippen LogP contribution in [0.4, 0.5) is 0 Å². The predicted octanol–water partition coefficient (Wildman–Crippen LogP) is 4.27. The smallest absolute Gasteiger partial charge is 0.255 e. The van der Waals surface area contributed by atoms with Crippen LogP contribution in [-0.4, -0.2) is 47.8 Å². The van der Waals surface area contributed by atoms with Crippen molar-refractivity contribution < 1.29 is 9.59 Å². The van der Waals surface area contributed by atoms with E-state index in [4.69, 9.17) is 23.2 Å². The van der Waals surface area contributed by atoms with E-state index >= 15 is 0 Å². The van der Waals surface area contributed by atoms with Crippen LogP contribution < -0.4 is 0 Å². The van der Waals surface area contributed by atoms with Gasteiger partial charge in [-0.05, 0) is 36.8 Å². The van der Waals surface area contributed by atoms with E-state index in [1.54, 1.807) is 40.1 Å². The minimum absolute atomic E-state index is 0.0642. The number of hydrogen-bond donors (Lipinski definition) is 1. The number of carbonyl (C=O) groups excluding carboxylic acids is 2. The molecule has 2 amide bonds. The number of carbonyl (C=O) groups is 2. The van der Waals surface area contributed by atoms with Crippen molar-refractivity contribution in [2.45, 2.75) is 11.3 Å². The Morgan fingerprint density at radius 1 is 0.846 bits per heavy atom. The lowest BCUT2D eigenvalue weighted by Gasteiger charge is -2.23. The summed E-state index contributed by atoms with van der Waals surface area (Å²) in [7, 11) is 0. The van der Waals surface area contributed by atoms with Gasteiger partial charge in [-0.3, -0.25) is 9.59 Å². The Hall–Kier alpha value is -1.69. The van der Waals surface area contributed by atoms with Gasteiger partial charge in [0.15, 0.2) is 0 Å². The van der Waals surface area contributed by atoms with Crippen LogP contribution in [0.25, 0.3) is 0 Å². The number of benzene rings is 2. The van der Waals surface area contributed by atoms with Gasteiger partial charge in [-0.15, -0.1) is 12.6 Å². The molecule has 1 fully saturated rings. The molecule has 136 valence electrons. The van der Waals surface area contributed by atoms with Crippen LogP contribution >= 0.6 is 35.8 Å². The molecular weight excluding hydrogens is 391 g/mol. The van der Waals surface area contributed by atoms with E-state index < -0.39 is 0 Å². The number of thiol groups is 1. The molecule has 0 unspecified atom stereocenters. The van der Waals surface area contributed by atoms with Gasteiger partial charge in [0.05, 0.1) is 16.1 Å². The van der Waals surface area contributed by atoms with Gasteiger partial charge >= 0.3 is 0 Å². The zero-order chi connectivity index (χ0) is 18.7. The minimum Gasteiger partial charge on any atom is -0.337 e. The number of hydrogen-bond acceptors (Lipinski definition) is 3. The van der Waals surface area contributed by atoms with Crippen molar-refractivity contribution in [1.29, 1.82) is 0 Å². The first-order chi connectivity index (χ1) is 12.5. The topological polar surface area (TPSA) is 40.6 Å². The second-order valence-corrected chi connectivity index (χ2v) is 7.40. The maximum Gasteiger partial charge on any atom is 0.255 e. The maximum atomic E-state index is 12.8. The molecule has 4 nitrogen and oxygen atoms in total. The summed E-state index contributed by atoms with van der Waals surface area (Å²) in [6.07, 6.45) is 0.699. The van der Waals surface area contributed by atoms with Crippen molar-refractivity contribution in [2.75, 3.05) is 26.2 Å². The number of halogens is 2. The molecule has 0 spiro atoms. The van der Waals surface area contributed by atoms with Gasteiger partial charge in [0.25, 0.3) is 11.8 Å². The van der Waals surface area contributed by atoms with Crippen molar-refractivity contribution >= 4 is 47.6 Å².